The van der Waals surface area contributed by atoms with Crippen LogP contribution in [0.2, 0.25) is 0 Å². The van der Waals surface area contributed by atoms with E-state index >= 15 is 0 Å². The van der Waals surface area contributed by atoms with E-state index in [2.05, 4.69) is 4.98 Å². The lowest BCUT2D eigenvalue weighted by Gasteiger charge is -2.00. The average Bonchev–Trinajstić information content (AvgIpc) is 2.31. The standard InChI is InChI=1S/C6H4F3NO2S/c7-6(8,9)1-4-10-2-3(13-4)5(11)12/h2H,1H2,(H,11,12). The number of carboxylic acid groups (broad SMARTS) is 1. The van der Waals surface area contributed by atoms with Crippen molar-refractivity contribution in [2.24, 2.45) is 0 Å². The van der Waals surface area contributed by atoms with Crippen molar-refractivity contribution in [1.82, 2.24) is 4.98 Å². The molecule has 0 unspecified atom stereocenters. The highest BCUT2D eigenvalue weighted by molar-refractivity contribution is 7.13. The topological polar surface area (TPSA) is 50.2 Å². The summed E-state index contributed by atoms with van der Waals surface area (Å²) < 4.78 is 35.3. The molecule has 7 heteroatoms. The molecule has 0 fully saturated rings. The molecule has 0 saturated heterocycles. The summed E-state index contributed by atoms with van der Waals surface area (Å²) in [5.41, 5.74) is 0. The van der Waals surface area contributed by atoms with E-state index in [4.69, 9.17) is 5.11 Å². The predicted octanol–water partition coefficient (Wildman–Crippen LogP) is 1.95. The Kier molecular flexibility index (Phi) is 2.55. The minimum absolute atomic E-state index is 0.181. The number of hydrogen-bond donors (Lipinski definition) is 1. The molecule has 1 heterocycles. The number of carboxylic acids is 1. The van der Waals surface area contributed by atoms with Gasteiger partial charge in [-0.3, -0.25) is 0 Å². The van der Waals surface area contributed by atoms with Crippen molar-refractivity contribution in [2.45, 2.75) is 12.6 Å². The second-order valence-corrected chi connectivity index (χ2v) is 3.33. The van der Waals surface area contributed by atoms with Gasteiger partial charge >= 0.3 is 12.1 Å². The van der Waals surface area contributed by atoms with Crippen LogP contribution in [0.5, 0.6) is 0 Å². The number of hydrogen-bond acceptors (Lipinski definition) is 3. The van der Waals surface area contributed by atoms with Gasteiger partial charge in [0.1, 0.15) is 9.88 Å². The van der Waals surface area contributed by atoms with Crippen LogP contribution in [0, 0.1) is 0 Å². The molecule has 1 aromatic rings. The summed E-state index contributed by atoms with van der Waals surface area (Å²) in [6.45, 7) is 0. The van der Waals surface area contributed by atoms with Gasteiger partial charge in [-0.25, -0.2) is 9.78 Å². The van der Waals surface area contributed by atoms with Crippen LogP contribution >= 0.6 is 11.3 Å². The van der Waals surface area contributed by atoms with Crippen LogP contribution < -0.4 is 0 Å². The molecule has 0 bridgehead atoms. The molecular weight excluding hydrogens is 207 g/mol. The molecule has 0 aliphatic carbocycles. The number of carbonyl (C=O) groups is 1. The summed E-state index contributed by atoms with van der Waals surface area (Å²) in [7, 11) is 0. The van der Waals surface area contributed by atoms with Gasteiger partial charge in [0, 0.05) is 0 Å². The molecule has 72 valence electrons. The van der Waals surface area contributed by atoms with E-state index in [-0.39, 0.29) is 9.88 Å². The third-order valence-electron chi connectivity index (χ3n) is 1.12. The molecule has 0 radical (unpaired) electrons. The lowest BCUT2D eigenvalue weighted by atomic mass is 10.4. The Bertz CT molecular complexity index is 320. The molecule has 0 aliphatic rings. The Hall–Kier alpha value is -1.11. The third kappa shape index (κ3) is 3.02. The molecular formula is C6H4F3NO2S. The maximum absolute atomic E-state index is 11.8. The summed E-state index contributed by atoms with van der Waals surface area (Å²) >= 11 is 0.537. The van der Waals surface area contributed by atoms with Crippen molar-refractivity contribution in [3.8, 4) is 0 Å². The molecule has 1 aromatic heterocycles. The summed E-state index contributed by atoms with van der Waals surface area (Å²) in [5, 5.41) is 8.15. The summed E-state index contributed by atoms with van der Waals surface area (Å²) in [5.74, 6) is -1.26. The number of aromatic carboxylic acids is 1. The van der Waals surface area contributed by atoms with Crippen LogP contribution in [0.3, 0.4) is 0 Å². The first-order valence-corrected chi connectivity index (χ1v) is 3.95. The third-order valence-corrected chi connectivity index (χ3v) is 2.10. The normalized spacial score (nSPS) is 11.6. The van der Waals surface area contributed by atoms with Gasteiger partial charge < -0.3 is 5.11 Å². The van der Waals surface area contributed by atoms with Crippen molar-refractivity contribution in [2.75, 3.05) is 0 Å². The van der Waals surface area contributed by atoms with Crippen molar-refractivity contribution >= 4 is 17.3 Å². The monoisotopic (exact) mass is 211 g/mol. The first-order valence-electron chi connectivity index (χ1n) is 3.13. The van der Waals surface area contributed by atoms with Crippen molar-refractivity contribution in [3.05, 3.63) is 16.1 Å². The summed E-state index contributed by atoms with van der Waals surface area (Å²) in [6, 6.07) is 0. The van der Waals surface area contributed by atoms with Gasteiger partial charge in [0.05, 0.1) is 12.6 Å². The summed E-state index contributed by atoms with van der Waals surface area (Å²) in [6.07, 6.45) is -4.59. The molecule has 0 aliphatic heterocycles. The zero-order valence-corrected chi connectivity index (χ0v) is 6.95. The van der Waals surface area contributed by atoms with Gasteiger partial charge in [-0.2, -0.15) is 13.2 Å². The van der Waals surface area contributed by atoms with Crippen LogP contribution in [-0.2, 0) is 6.42 Å². The van der Waals surface area contributed by atoms with Crippen molar-refractivity contribution < 1.29 is 23.1 Å². The van der Waals surface area contributed by atoms with Crippen molar-refractivity contribution in [1.29, 1.82) is 0 Å². The molecule has 1 rings (SSSR count). The van der Waals surface area contributed by atoms with Crippen LogP contribution in [0.25, 0.3) is 0 Å². The van der Waals surface area contributed by atoms with Crippen LogP contribution in [0.1, 0.15) is 14.7 Å². The van der Waals surface area contributed by atoms with E-state index in [1.165, 1.54) is 0 Å². The quantitative estimate of drug-likeness (QED) is 0.813. The van der Waals surface area contributed by atoms with Gasteiger partial charge in [-0.15, -0.1) is 11.3 Å². The first-order chi connectivity index (χ1) is 5.88. The maximum Gasteiger partial charge on any atom is 0.395 e. The minimum Gasteiger partial charge on any atom is -0.477 e. The number of alkyl halides is 3. The Morgan fingerprint density at radius 3 is 2.62 bits per heavy atom. The maximum atomic E-state index is 11.8. The Labute approximate surface area is 74.8 Å². The van der Waals surface area contributed by atoms with Crippen LogP contribution in [0.15, 0.2) is 6.20 Å². The number of thiazole rings is 1. The zero-order valence-electron chi connectivity index (χ0n) is 6.13. The van der Waals surface area contributed by atoms with Crippen molar-refractivity contribution in [3.63, 3.8) is 0 Å². The van der Waals surface area contributed by atoms with Crippen LogP contribution in [-0.4, -0.2) is 22.2 Å². The lowest BCUT2D eigenvalue weighted by molar-refractivity contribution is -0.127. The van der Waals surface area contributed by atoms with Crippen LogP contribution in [0.4, 0.5) is 13.2 Å². The van der Waals surface area contributed by atoms with Gasteiger partial charge in [0.25, 0.3) is 0 Å². The number of rotatable bonds is 2. The van der Waals surface area contributed by atoms with E-state index in [1.807, 2.05) is 0 Å². The number of halogens is 3. The average molecular weight is 211 g/mol. The molecule has 1 N–H and O–H groups in total. The molecule has 0 saturated carbocycles. The van der Waals surface area contributed by atoms with Gasteiger partial charge in [0.2, 0.25) is 0 Å². The Morgan fingerprint density at radius 2 is 2.23 bits per heavy atom. The molecule has 0 aromatic carbocycles. The highest BCUT2D eigenvalue weighted by Crippen LogP contribution is 2.24. The largest absolute Gasteiger partial charge is 0.477 e. The summed E-state index contributed by atoms with van der Waals surface area (Å²) in [4.78, 5) is 13.4. The number of aromatic nitrogens is 1. The fourth-order valence-corrected chi connectivity index (χ4v) is 1.45. The molecule has 0 amide bonds. The van der Waals surface area contributed by atoms with E-state index in [0.29, 0.717) is 11.3 Å². The van der Waals surface area contributed by atoms with E-state index in [9.17, 15) is 18.0 Å². The van der Waals surface area contributed by atoms with E-state index < -0.39 is 18.6 Å². The molecule has 0 spiro atoms. The van der Waals surface area contributed by atoms with Gasteiger partial charge in [-0.05, 0) is 0 Å². The minimum atomic E-state index is -4.34. The second kappa shape index (κ2) is 3.33. The molecule has 13 heavy (non-hydrogen) atoms. The smallest absolute Gasteiger partial charge is 0.395 e. The molecule has 0 atom stereocenters. The SMILES string of the molecule is O=C(O)c1cnc(CC(F)(F)F)s1. The highest BCUT2D eigenvalue weighted by atomic mass is 32.1. The molecule has 3 nitrogen and oxygen atoms in total. The highest BCUT2D eigenvalue weighted by Gasteiger charge is 2.29. The van der Waals surface area contributed by atoms with Gasteiger partial charge in [-0.1, -0.05) is 0 Å². The first kappa shape index (κ1) is 9.97. The lowest BCUT2D eigenvalue weighted by Crippen LogP contribution is -2.10. The fourth-order valence-electron chi connectivity index (χ4n) is 0.662. The number of nitrogens with zero attached hydrogens (tertiary/aromatic N) is 1. The van der Waals surface area contributed by atoms with E-state index in [0.717, 1.165) is 6.20 Å². The van der Waals surface area contributed by atoms with E-state index in [1.54, 1.807) is 0 Å². The Balaban J connectivity index is 2.75. The van der Waals surface area contributed by atoms with Gasteiger partial charge in [0.15, 0.2) is 0 Å². The fraction of sp³-hybridized carbons (Fsp3) is 0.333. The Morgan fingerprint density at radius 1 is 1.62 bits per heavy atom. The predicted molar refractivity (Wildman–Crippen MR) is 38.8 cm³/mol. The zero-order chi connectivity index (χ0) is 10.1. The second-order valence-electron chi connectivity index (χ2n) is 2.22.